The summed E-state index contributed by atoms with van der Waals surface area (Å²) in [4.78, 5) is 9.19. The zero-order valence-electron chi connectivity index (χ0n) is 12.4. The maximum absolute atomic E-state index is 5.76. The molecule has 0 saturated heterocycles. The van der Waals surface area contributed by atoms with Crippen LogP contribution in [0.25, 0.3) is 0 Å². The van der Waals surface area contributed by atoms with E-state index in [-0.39, 0.29) is 0 Å². The number of anilines is 1. The second-order valence-electron chi connectivity index (χ2n) is 5.43. The smallest absolute Gasteiger partial charge is 0.168 e. The van der Waals surface area contributed by atoms with Gasteiger partial charge in [0.2, 0.25) is 0 Å². The third-order valence-electron chi connectivity index (χ3n) is 3.93. The zero-order chi connectivity index (χ0) is 14.5. The van der Waals surface area contributed by atoms with E-state index in [0.717, 1.165) is 23.1 Å². The fourth-order valence-electron chi connectivity index (χ4n) is 2.81. The number of hydrogen-bond acceptors (Lipinski definition) is 4. The first-order valence-corrected chi connectivity index (χ1v) is 7.58. The summed E-state index contributed by atoms with van der Waals surface area (Å²) in [7, 11) is 1.89. The molecule has 3 rings (SSSR count). The number of rotatable bonds is 5. The van der Waals surface area contributed by atoms with Crippen LogP contribution in [-0.4, -0.2) is 17.0 Å². The van der Waals surface area contributed by atoms with E-state index in [1.54, 1.807) is 0 Å². The molecule has 4 heteroatoms. The molecular weight excluding hydrogens is 262 g/mol. The van der Waals surface area contributed by atoms with Crippen LogP contribution in [0.3, 0.4) is 0 Å². The lowest BCUT2D eigenvalue weighted by Gasteiger charge is -2.13. The molecule has 1 aromatic heterocycles. The van der Waals surface area contributed by atoms with Gasteiger partial charge in [-0.3, -0.25) is 0 Å². The van der Waals surface area contributed by atoms with Crippen LogP contribution in [0.1, 0.15) is 43.1 Å². The van der Waals surface area contributed by atoms with Gasteiger partial charge in [0.1, 0.15) is 18.2 Å². The molecule has 0 amide bonds. The van der Waals surface area contributed by atoms with Crippen molar-refractivity contribution in [2.45, 2.75) is 38.2 Å². The van der Waals surface area contributed by atoms with Crippen LogP contribution in [0.2, 0.25) is 0 Å². The summed E-state index contributed by atoms with van der Waals surface area (Å²) in [6, 6.07) is 11.9. The Morgan fingerprint density at radius 3 is 2.62 bits per heavy atom. The summed E-state index contributed by atoms with van der Waals surface area (Å²) in [5.41, 5.74) is 1.15. The Bertz CT molecular complexity index is 580. The molecule has 1 saturated carbocycles. The van der Waals surface area contributed by atoms with E-state index >= 15 is 0 Å². The molecule has 1 aromatic carbocycles. The van der Waals surface area contributed by atoms with Crippen LogP contribution in [0.15, 0.2) is 36.4 Å². The van der Waals surface area contributed by atoms with Gasteiger partial charge in [-0.2, -0.15) is 0 Å². The molecule has 21 heavy (non-hydrogen) atoms. The molecule has 4 nitrogen and oxygen atoms in total. The fourth-order valence-corrected chi connectivity index (χ4v) is 2.81. The average Bonchev–Trinajstić information content (AvgIpc) is 3.08. The Hall–Kier alpha value is -2.10. The van der Waals surface area contributed by atoms with Crippen LogP contribution in [0, 0.1) is 0 Å². The molecule has 0 unspecified atom stereocenters. The van der Waals surface area contributed by atoms with Crippen molar-refractivity contribution in [2.75, 3.05) is 12.4 Å². The minimum absolute atomic E-state index is 0.402. The minimum Gasteiger partial charge on any atom is -0.486 e. The molecule has 0 spiro atoms. The van der Waals surface area contributed by atoms with Crippen molar-refractivity contribution in [3.63, 3.8) is 0 Å². The van der Waals surface area contributed by atoms with E-state index in [0.29, 0.717) is 12.5 Å². The molecule has 1 heterocycles. The number of nitrogens with zero attached hydrogens (tertiary/aromatic N) is 2. The minimum atomic E-state index is 0.402. The van der Waals surface area contributed by atoms with Gasteiger partial charge in [0, 0.05) is 24.7 Å². The van der Waals surface area contributed by atoms with E-state index in [2.05, 4.69) is 16.4 Å². The molecular formula is C17H21N3O. The second kappa shape index (κ2) is 6.57. The largest absolute Gasteiger partial charge is 0.486 e. The van der Waals surface area contributed by atoms with Crippen molar-refractivity contribution in [1.82, 2.24) is 9.97 Å². The number of ether oxygens (including phenoxy) is 1. The van der Waals surface area contributed by atoms with E-state index in [9.17, 15) is 0 Å². The molecule has 1 N–H and O–H groups in total. The Labute approximate surface area is 125 Å². The summed E-state index contributed by atoms with van der Waals surface area (Å²) in [5.74, 6) is 3.04. The Kier molecular flexibility index (Phi) is 4.34. The predicted octanol–water partition coefficient (Wildman–Crippen LogP) is 3.75. The third kappa shape index (κ3) is 3.51. The van der Waals surface area contributed by atoms with Crippen molar-refractivity contribution < 1.29 is 4.74 Å². The Balaban J connectivity index is 1.75. The topological polar surface area (TPSA) is 47.0 Å². The summed E-state index contributed by atoms with van der Waals surface area (Å²) in [6.07, 6.45) is 5.08. The first-order valence-electron chi connectivity index (χ1n) is 7.58. The molecule has 1 fully saturated rings. The number of hydrogen-bond donors (Lipinski definition) is 1. The van der Waals surface area contributed by atoms with Crippen LogP contribution < -0.4 is 10.1 Å². The molecule has 0 aliphatic heterocycles. The van der Waals surface area contributed by atoms with Gasteiger partial charge in [-0.05, 0) is 25.0 Å². The van der Waals surface area contributed by atoms with E-state index < -0.39 is 0 Å². The normalized spacial score (nSPS) is 15.1. The van der Waals surface area contributed by atoms with Crippen molar-refractivity contribution in [3.05, 3.63) is 47.9 Å². The van der Waals surface area contributed by atoms with E-state index in [1.807, 2.05) is 37.4 Å². The van der Waals surface area contributed by atoms with Gasteiger partial charge in [-0.15, -0.1) is 0 Å². The van der Waals surface area contributed by atoms with Gasteiger partial charge in [-0.1, -0.05) is 31.0 Å². The van der Waals surface area contributed by atoms with Gasteiger partial charge in [0.15, 0.2) is 5.82 Å². The highest BCUT2D eigenvalue weighted by molar-refractivity contribution is 5.36. The van der Waals surface area contributed by atoms with Crippen LogP contribution in [0.4, 0.5) is 5.82 Å². The van der Waals surface area contributed by atoms with Crippen LogP contribution in [-0.2, 0) is 6.61 Å². The Morgan fingerprint density at radius 2 is 1.90 bits per heavy atom. The van der Waals surface area contributed by atoms with Gasteiger partial charge >= 0.3 is 0 Å². The summed E-state index contributed by atoms with van der Waals surface area (Å²) in [5, 5.41) is 3.12. The molecule has 110 valence electrons. The summed E-state index contributed by atoms with van der Waals surface area (Å²) >= 11 is 0. The highest BCUT2D eigenvalue weighted by atomic mass is 16.5. The Morgan fingerprint density at radius 1 is 1.14 bits per heavy atom. The quantitative estimate of drug-likeness (QED) is 0.907. The van der Waals surface area contributed by atoms with Crippen molar-refractivity contribution in [2.24, 2.45) is 0 Å². The van der Waals surface area contributed by atoms with Crippen molar-refractivity contribution in [1.29, 1.82) is 0 Å². The molecule has 2 aromatic rings. The molecule has 1 aliphatic carbocycles. The SMILES string of the molecule is CNc1cc(C2CCCC2)nc(COc2ccccc2)n1. The van der Waals surface area contributed by atoms with Crippen LogP contribution in [0.5, 0.6) is 5.75 Å². The standard InChI is InChI=1S/C17H21N3O/c1-18-16-11-15(13-7-5-6-8-13)19-17(20-16)12-21-14-9-3-2-4-10-14/h2-4,9-11,13H,5-8,12H2,1H3,(H,18,19,20). The maximum Gasteiger partial charge on any atom is 0.168 e. The second-order valence-corrected chi connectivity index (χ2v) is 5.43. The molecule has 0 radical (unpaired) electrons. The summed E-state index contributed by atoms with van der Waals surface area (Å²) < 4.78 is 5.76. The zero-order valence-corrected chi connectivity index (χ0v) is 12.4. The molecule has 0 bridgehead atoms. The third-order valence-corrected chi connectivity index (χ3v) is 3.93. The fraction of sp³-hybridized carbons (Fsp3) is 0.412. The lowest BCUT2D eigenvalue weighted by atomic mass is 10.0. The summed E-state index contributed by atoms with van der Waals surface area (Å²) in [6.45, 7) is 0.402. The molecule has 1 aliphatic rings. The lowest BCUT2D eigenvalue weighted by Crippen LogP contribution is -2.08. The number of aromatic nitrogens is 2. The van der Waals surface area contributed by atoms with E-state index in [1.165, 1.54) is 25.7 Å². The van der Waals surface area contributed by atoms with Crippen LogP contribution >= 0.6 is 0 Å². The maximum atomic E-state index is 5.76. The highest BCUT2D eigenvalue weighted by Gasteiger charge is 2.19. The predicted molar refractivity (Wildman–Crippen MR) is 83.6 cm³/mol. The monoisotopic (exact) mass is 283 g/mol. The van der Waals surface area contributed by atoms with Crippen molar-refractivity contribution >= 4 is 5.82 Å². The average molecular weight is 283 g/mol. The first kappa shape index (κ1) is 13.9. The lowest BCUT2D eigenvalue weighted by molar-refractivity contribution is 0.295. The van der Waals surface area contributed by atoms with E-state index in [4.69, 9.17) is 9.72 Å². The van der Waals surface area contributed by atoms with Gasteiger partial charge in [0.05, 0.1) is 0 Å². The molecule has 0 atom stereocenters. The van der Waals surface area contributed by atoms with Gasteiger partial charge in [-0.25, -0.2) is 9.97 Å². The first-order chi connectivity index (χ1) is 10.3. The number of benzene rings is 1. The van der Waals surface area contributed by atoms with Gasteiger partial charge < -0.3 is 10.1 Å². The van der Waals surface area contributed by atoms with Gasteiger partial charge in [0.25, 0.3) is 0 Å². The number of para-hydroxylation sites is 1. The highest BCUT2D eigenvalue weighted by Crippen LogP contribution is 2.33. The van der Waals surface area contributed by atoms with Crippen molar-refractivity contribution in [3.8, 4) is 5.75 Å². The number of nitrogens with one attached hydrogen (secondary N) is 1.